The zero-order valence-electron chi connectivity index (χ0n) is 13.6. The van der Waals surface area contributed by atoms with Gasteiger partial charge in [0.15, 0.2) is 6.04 Å². The summed E-state index contributed by atoms with van der Waals surface area (Å²) in [5, 5.41) is 2.19. The van der Waals surface area contributed by atoms with E-state index in [4.69, 9.17) is 0 Å². The molecule has 0 spiro atoms. The number of carbonyl (C=O) groups is 1. The van der Waals surface area contributed by atoms with Crippen LogP contribution in [0.3, 0.4) is 0 Å². The summed E-state index contributed by atoms with van der Waals surface area (Å²) in [7, 11) is 0. The van der Waals surface area contributed by atoms with Crippen LogP contribution in [0.25, 0.3) is 0 Å². The molecule has 1 atom stereocenters. The van der Waals surface area contributed by atoms with E-state index in [9.17, 15) is 4.79 Å². The average molecular weight is 291 g/mol. The van der Waals surface area contributed by atoms with E-state index < -0.39 is 0 Å². The third kappa shape index (κ3) is 3.83. The SMILES string of the molecule is CC[NH+](CC)CC[NH2+][C@H](C)C(=O)N1CCc2ccccc21. The molecule has 0 radical (unpaired) electrons. The van der Waals surface area contributed by atoms with Crippen molar-refractivity contribution in [1.29, 1.82) is 0 Å². The van der Waals surface area contributed by atoms with Gasteiger partial charge in [-0.15, -0.1) is 0 Å². The second-order valence-electron chi connectivity index (χ2n) is 5.89. The van der Waals surface area contributed by atoms with Gasteiger partial charge in [-0.25, -0.2) is 0 Å². The van der Waals surface area contributed by atoms with Crippen LogP contribution in [0.4, 0.5) is 5.69 Å². The number of fused-ring (bicyclic) bond motifs is 1. The van der Waals surface area contributed by atoms with Crippen molar-refractivity contribution in [1.82, 2.24) is 0 Å². The van der Waals surface area contributed by atoms with Crippen LogP contribution in [0.5, 0.6) is 0 Å². The van der Waals surface area contributed by atoms with Gasteiger partial charge < -0.3 is 15.1 Å². The Labute approximate surface area is 128 Å². The Morgan fingerprint density at radius 1 is 1.33 bits per heavy atom. The summed E-state index contributed by atoms with van der Waals surface area (Å²) in [6.07, 6.45) is 0.984. The van der Waals surface area contributed by atoms with Gasteiger partial charge in [0.2, 0.25) is 0 Å². The Morgan fingerprint density at radius 3 is 2.76 bits per heavy atom. The van der Waals surface area contributed by atoms with Crippen LogP contribution in [0, 0.1) is 0 Å². The molecule has 0 bridgehead atoms. The van der Waals surface area contributed by atoms with Gasteiger partial charge in [0, 0.05) is 12.2 Å². The van der Waals surface area contributed by atoms with E-state index in [2.05, 4.69) is 37.4 Å². The average Bonchev–Trinajstić information content (AvgIpc) is 2.94. The first-order chi connectivity index (χ1) is 10.2. The number of carbonyl (C=O) groups excluding carboxylic acids is 1. The van der Waals surface area contributed by atoms with Crippen LogP contribution in [-0.4, -0.2) is 44.7 Å². The summed E-state index contributed by atoms with van der Waals surface area (Å²) >= 11 is 0. The van der Waals surface area contributed by atoms with Gasteiger partial charge in [-0.1, -0.05) is 18.2 Å². The minimum atomic E-state index is 0.00567. The highest BCUT2D eigenvalue weighted by Crippen LogP contribution is 2.27. The molecule has 0 saturated heterocycles. The minimum absolute atomic E-state index is 0.00567. The molecule has 0 aliphatic carbocycles. The predicted molar refractivity (Wildman–Crippen MR) is 85.7 cm³/mol. The molecular formula is C17H29N3O+2. The van der Waals surface area contributed by atoms with E-state index in [1.807, 2.05) is 17.9 Å². The molecule has 0 saturated carbocycles. The lowest BCUT2D eigenvalue weighted by Gasteiger charge is -2.21. The Hall–Kier alpha value is -1.39. The Bertz CT molecular complexity index is 471. The molecular weight excluding hydrogens is 262 g/mol. The zero-order chi connectivity index (χ0) is 15.2. The van der Waals surface area contributed by atoms with Crippen molar-refractivity contribution in [2.24, 2.45) is 0 Å². The Balaban J connectivity index is 1.86. The summed E-state index contributed by atoms with van der Waals surface area (Å²) in [4.78, 5) is 16.2. The molecule has 21 heavy (non-hydrogen) atoms. The van der Waals surface area contributed by atoms with E-state index in [-0.39, 0.29) is 11.9 Å². The van der Waals surface area contributed by atoms with Crippen molar-refractivity contribution < 1.29 is 15.0 Å². The molecule has 4 nitrogen and oxygen atoms in total. The second-order valence-corrected chi connectivity index (χ2v) is 5.89. The molecule has 0 unspecified atom stereocenters. The van der Waals surface area contributed by atoms with Gasteiger partial charge in [-0.3, -0.25) is 4.79 Å². The van der Waals surface area contributed by atoms with Crippen molar-refractivity contribution >= 4 is 11.6 Å². The molecule has 1 aromatic rings. The molecule has 1 heterocycles. The fraction of sp³-hybridized carbons (Fsp3) is 0.588. The first kappa shape index (κ1) is 16.0. The normalized spacial score (nSPS) is 15.3. The van der Waals surface area contributed by atoms with Gasteiger partial charge in [-0.2, -0.15) is 0 Å². The van der Waals surface area contributed by atoms with Crippen LogP contribution >= 0.6 is 0 Å². The van der Waals surface area contributed by atoms with E-state index in [1.165, 1.54) is 5.56 Å². The van der Waals surface area contributed by atoms with E-state index >= 15 is 0 Å². The summed E-state index contributed by atoms with van der Waals surface area (Å²) in [5.74, 6) is 0.245. The van der Waals surface area contributed by atoms with Gasteiger partial charge in [0.05, 0.1) is 13.1 Å². The maximum Gasteiger partial charge on any atom is 0.284 e. The quantitative estimate of drug-likeness (QED) is 0.696. The van der Waals surface area contributed by atoms with Crippen molar-refractivity contribution in [3.63, 3.8) is 0 Å². The van der Waals surface area contributed by atoms with Gasteiger partial charge in [-0.05, 0) is 38.8 Å². The standard InChI is InChI=1S/C17H27N3O/c1-4-19(5-2)13-11-18-14(3)17(21)20-12-10-15-8-6-7-9-16(15)20/h6-9,14,18H,4-5,10-13H2,1-3H3/p+2/t14-/m1/s1. The number of para-hydroxylation sites is 1. The fourth-order valence-corrected chi connectivity index (χ4v) is 3.05. The molecule has 4 heteroatoms. The number of amides is 1. The third-order valence-corrected chi connectivity index (χ3v) is 4.56. The van der Waals surface area contributed by atoms with E-state index in [0.717, 1.165) is 44.8 Å². The van der Waals surface area contributed by atoms with Crippen molar-refractivity contribution in [3.05, 3.63) is 29.8 Å². The lowest BCUT2D eigenvalue weighted by molar-refractivity contribution is -0.910. The molecule has 3 N–H and O–H groups in total. The van der Waals surface area contributed by atoms with E-state index in [1.54, 1.807) is 4.90 Å². The van der Waals surface area contributed by atoms with Crippen molar-refractivity contribution in [3.8, 4) is 0 Å². The van der Waals surface area contributed by atoms with Crippen LogP contribution in [0.2, 0.25) is 0 Å². The first-order valence-corrected chi connectivity index (χ1v) is 8.23. The van der Waals surface area contributed by atoms with Crippen molar-refractivity contribution in [2.75, 3.05) is 37.6 Å². The second kappa shape index (κ2) is 7.57. The van der Waals surface area contributed by atoms with Crippen LogP contribution < -0.4 is 15.1 Å². The molecule has 1 aliphatic heterocycles. The lowest BCUT2D eigenvalue weighted by Crippen LogP contribution is -3.14. The van der Waals surface area contributed by atoms with Gasteiger partial charge in [0.25, 0.3) is 5.91 Å². The van der Waals surface area contributed by atoms with Gasteiger partial charge >= 0.3 is 0 Å². The molecule has 0 fully saturated rings. The Morgan fingerprint density at radius 2 is 2.05 bits per heavy atom. The number of benzene rings is 1. The molecule has 1 amide bonds. The summed E-state index contributed by atoms with van der Waals surface area (Å²) in [5.41, 5.74) is 2.41. The molecule has 0 aromatic heterocycles. The summed E-state index contributed by atoms with van der Waals surface area (Å²) in [6.45, 7) is 11.8. The van der Waals surface area contributed by atoms with Crippen LogP contribution in [0.15, 0.2) is 24.3 Å². The maximum atomic E-state index is 12.6. The Kier molecular flexibility index (Phi) is 5.76. The molecule has 1 aromatic carbocycles. The van der Waals surface area contributed by atoms with Crippen LogP contribution in [0.1, 0.15) is 26.3 Å². The number of hydrogen-bond donors (Lipinski definition) is 2. The number of quaternary nitrogens is 2. The lowest BCUT2D eigenvalue weighted by atomic mass is 10.2. The van der Waals surface area contributed by atoms with Gasteiger partial charge in [0.1, 0.15) is 13.1 Å². The monoisotopic (exact) mass is 291 g/mol. The number of hydrogen-bond acceptors (Lipinski definition) is 1. The summed E-state index contributed by atoms with van der Waals surface area (Å²) < 4.78 is 0. The number of anilines is 1. The maximum absolute atomic E-state index is 12.6. The highest BCUT2D eigenvalue weighted by molar-refractivity contribution is 5.97. The number of nitrogens with two attached hydrogens (primary N) is 1. The predicted octanol–water partition coefficient (Wildman–Crippen LogP) is -0.548. The smallest absolute Gasteiger partial charge is 0.284 e. The summed E-state index contributed by atoms with van der Waals surface area (Å²) in [6, 6.07) is 8.26. The fourth-order valence-electron chi connectivity index (χ4n) is 3.05. The van der Waals surface area contributed by atoms with E-state index in [0.29, 0.717) is 0 Å². The number of nitrogens with one attached hydrogen (secondary N) is 1. The topological polar surface area (TPSA) is 41.4 Å². The van der Waals surface area contributed by atoms with Crippen molar-refractivity contribution in [2.45, 2.75) is 33.2 Å². The first-order valence-electron chi connectivity index (χ1n) is 8.23. The number of likely N-dealkylation sites (N-methyl/N-ethyl adjacent to an activating group) is 1. The number of nitrogens with zero attached hydrogens (tertiary/aromatic N) is 1. The van der Waals surface area contributed by atoms with Crippen LogP contribution in [-0.2, 0) is 11.2 Å². The number of rotatable bonds is 7. The largest absolute Gasteiger partial charge is 0.332 e. The third-order valence-electron chi connectivity index (χ3n) is 4.56. The minimum Gasteiger partial charge on any atom is -0.332 e. The highest BCUT2D eigenvalue weighted by Gasteiger charge is 2.29. The highest BCUT2D eigenvalue weighted by atomic mass is 16.2. The molecule has 116 valence electrons. The molecule has 1 aliphatic rings. The molecule has 2 rings (SSSR count). The zero-order valence-corrected chi connectivity index (χ0v) is 13.6.